The molecule has 2 N–H and O–H groups in total. The van der Waals surface area contributed by atoms with Crippen LogP contribution in [-0.4, -0.2) is 41.3 Å². The second-order valence-corrected chi connectivity index (χ2v) is 4.40. The Bertz CT molecular complexity index is 477. The van der Waals surface area contributed by atoms with Crippen LogP contribution in [0, 0.1) is 10.1 Å². The fourth-order valence-corrected chi connectivity index (χ4v) is 1.94. The number of hydrogen-bond acceptors (Lipinski definition) is 6. The molecule has 1 aromatic rings. The van der Waals surface area contributed by atoms with E-state index in [-0.39, 0.29) is 12.4 Å². The molecule has 1 amide bonds. The van der Waals surface area contributed by atoms with E-state index in [0.29, 0.717) is 26.1 Å². The van der Waals surface area contributed by atoms with Crippen LogP contribution in [0.2, 0.25) is 0 Å². The molecule has 2 rings (SSSR count). The van der Waals surface area contributed by atoms with E-state index < -0.39 is 22.3 Å². The number of carbonyl (C=O) groups is 1. The van der Waals surface area contributed by atoms with Gasteiger partial charge >= 0.3 is 5.88 Å². The van der Waals surface area contributed by atoms with Gasteiger partial charge in [0.15, 0.2) is 5.76 Å². The number of hydrogen-bond donors (Lipinski definition) is 2. The standard InChI is InChI=1S/C11H14N2O6/c14-7-11(3-5-18-6-4-11)12-10(15)8-1-2-9(19-8)13(16)17/h1-2,14H,3-7H2,(H,12,15). The average Bonchev–Trinajstić information content (AvgIpc) is 2.89. The monoisotopic (exact) mass is 270 g/mol. The van der Waals surface area contributed by atoms with Crippen LogP contribution in [-0.2, 0) is 4.74 Å². The molecule has 0 saturated carbocycles. The highest BCUT2D eigenvalue weighted by molar-refractivity contribution is 5.92. The van der Waals surface area contributed by atoms with E-state index in [1.807, 2.05) is 0 Å². The fourth-order valence-electron chi connectivity index (χ4n) is 1.94. The van der Waals surface area contributed by atoms with Gasteiger partial charge in [-0.25, -0.2) is 0 Å². The van der Waals surface area contributed by atoms with Crippen molar-refractivity contribution in [2.45, 2.75) is 18.4 Å². The van der Waals surface area contributed by atoms with Gasteiger partial charge in [0.25, 0.3) is 5.91 Å². The number of furan rings is 1. The zero-order valence-corrected chi connectivity index (χ0v) is 10.1. The molecule has 1 saturated heterocycles. The molecule has 0 spiro atoms. The van der Waals surface area contributed by atoms with Gasteiger partial charge in [0.05, 0.1) is 18.2 Å². The normalized spacial score (nSPS) is 17.9. The van der Waals surface area contributed by atoms with Crippen molar-refractivity contribution in [1.29, 1.82) is 0 Å². The number of carbonyl (C=O) groups excluding carboxylic acids is 1. The van der Waals surface area contributed by atoms with Gasteiger partial charge in [0.1, 0.15) is 4.92 Å². The SMILES string of the molecule is O=C(NC1(CO)CCOCC1)c1ccc([N+](=O)[O-])o1. The van der Waals surface area contributed by atoms with Crippen LogP contribution < -0.4 is 5.32 Å². The molecule has 1 aliphatic rings. The maximum absolute atomic E-state index is 11.9. The maximum atomic E-state index is 11.9. The first-order chi connectivity index (χ1) is 9.06. The Morgan fingerprint density at radius 1 is 1.47 bits per heavy atom. The van der Waals surface area contributed by atoms with Crippen molar-refractivity contribution in [1.82, 2.24) is 5.32 Å². The first-order valence-corrected chi connectivity index (χ1v) is 5.82. The lowest BCUT2D eigenvalue weighted by atomic mass is 9.91. The van der Waals surface area contributed by atoms with E-state index >= 15 is 0 Å². The summed E-state index contributed by atoms with van der Waals surface area (Å²) in [4.78, 5) is 21.7. The van der Waals surface area contributed by atoms with Crippen molar-refractivity contribution in [3.8, 4) is 0 Å². The second-order valence-electron chi connectivity index (χ2n) is 4.40. The number of nitrogens with zero attached hydrogens (tertiary/aromatic N) is 1. The van der Waals surface area contributed by atoms with Crippen molar-refractivity contribution in [2.75, 3.05) is 19.8 Å². The van der Waals surface area contributed by atoms with Gasteiger partial charge in [-0.2, -0.15) is 0 Å². The van der Waals surface area contributed by atoms with Gasteiger partial charge in [-0.1, -0.05) is 0 Å². The highest BCUT2D eigenvalue weighted by atomic mass is 16.6. The summed E-state index contributed by atoms with van der Waals surface area (Å²) in [7, 11) is 0. The number of rotatable bonds is 4. The van der Waals surface area contributed by atoms with E-state index in [4.69, 9.17) is 9.15 Å². The van der Waals surface area contributed by atoms with Crippen LogP contribution in [0.3, 0.4) is 0 Å². The maximum Gasteiger partial charge on any atom is 0.433 e. The van der Waals surface area contributed by atoms with Crippen molar-refractivity contribution in [3.63, 3.8) is 0 Å². The summed E-state index contributed by atoms with van der Waals surface area (Å²) in [5, 5.41) is 22.6. The van der Waals surface area contributed by atoms with Gasteiger partial charge in [-0.3, -0.25) is 14.9 Å². The minimum absolute atomic E-state index is 0.147. The lowest BCUT2D eigenvalue weighted by Gasteiger charge is -2.35. The fraction of sp³-hybridized carbons (Fsp3) is 0.545. The molecule has 8 nitrogen and oxygen atoms in total. The Hall–Kier alpha value is -1.93. The predicted molar refractivity (Wildman–Crippen MR) is 62.7 cm³/mol. The molecule has 1 aliphatic heterocycles. The van der Waals surface area contributed by atoms with Crippen molar-refractivity contribution in [2.24, 2.45) is 0 Å². The van der Waals surface area contributed by atoms with Crippen LogP contribution in [0.1, 0.15) is 23.4 Å². The van der Waals surface area contributed by atoms with Gasteiger partial charge in [-0.05, 0) is 18.9 Å². The Labute approximate surface area is 108 Å². The molecule has 2 heterocycles. The van der Waals surface area contributed by atoms with E-state index in [1.54, 1.807) is 0 Å². The molecule has 0 bridgehead atoms. The number of nitrogens with one attached hydrogen (secondary N) is 1. The number of nitro groups is 1. The Morgan fingerprint density at radius 2 is 2.16 bits per heavy atom. The molecule has 0 aromatic carbocycles. The minimum atomic E-state index is -0.753. The zero-order valence-electron chi connectivity index (χ0n) is 10.1. The topological polar surface area (TPSA) is 115 Å². The smallest absolute Gasteiger partial charge is 0.395 e. The van der Waals surface area contributed by atoms with Gasteiger partial charge in [-0.15, -0.1) is 0 Å². The molecule has 19 heavy (non-hydrogen) atoms. The molecule has 104 valence electrons. The van der Waals surface area contributed by atoms with Gasteiger partial charge in [0, 0.05) is 13.2 Å². The Morgan fingerprint density at radius 3 is 2.68 bits per heavy atom. The average molecular weight is 270 g/mol. The largest absolute Gasteiger partial charge is 0.433 e. The summed E-state index contributed by atoms with van der Waals surface area (Å²) in [5.74, 6) is -1.22. The van der Waals surface area contributed by atoms with E-state index in [1.165, 1.54) is 6.07 Å². The molecule has 0 atom stereocenters. The third-order valence-electron chi connectivity index (χ3n) is 3.13. The molecule has 8 heteroatoms. The van der Waals surface area contributed by atoms with Gasteiger partial charge < -0.3 is 19.6 Å². The van der Waals surface area contributed by atoms with E-state index in [9.17, 15) is 20.0 Å². The summed E-state index contributed by atoms with van der Waals surface area (Å²) in [6.07, 6.45) is 0.968. The molecule has 0 radical (unpaired) electrons. The minimum Gasteiger partial charge on any atom is -0.395 e. The zero-order chi connectivity index (χ0) is 13.9. The number of aliphatic hydroxyl groups excluding tert-OH is 1. The summed E-state index contributed by atoms with van der Waals surface area (Å²) < 4.78 is 9.99. The number of amides is 1. The van der Waals surface area contributed by atoms with Crippen LogP contribution in [0.5, 0.6) is 0 Å². The van der Waals surface area contributed by atoms with E-state index in [2.05, 4.69) is 5.32 Å². The Balaban J connectivity index is 2.08. The van der Waals surface area contributed by atoms with Crippen molar-refractivity contribution < 1.29 is 24.0 Å². The lowest BCUT2D eigenvalue weighted by Crippen LogP contribution is -2.54. The quantitative estimate of drug-likeness (QED) is 0.606. The lowest BCUT2D eigenvalue weighted by molar-refractivity contribution is -0.402. The highest BCUT2D eigenvalue weighted by Crippen LogP contribution is 2.22. The molecular formula is C11H14N2O6. The molecule has 0 aliphatic carbocycles. The first kappa shape index (κ1) is 13.5. The summed E-state index contributed by atoms with van der Waals surface area (Å²) in [6.45, 7) is 0.670. The number of ether oxygens (including phenoxy) is 1. The second kappa shape index (κ2) is 5.37. The van der Waals surface area contributed by atoms with Crippen LogP contribution in [0.25, 0.3) is 0 Å². The molecule has 1 aromatic heterocycles. The third kappa shape index (κ3) is 2.91. The molecular weight excluding hydrogens is 256 g/mol. The summed E-state index contributed by atoms with van der Waals surface area (Å²) >= 11 is 0. The summed E-state index contributed by atoms with van der Waals surface area (Å²) in [6, 6.07) is 2.35. The van der Waals surface area contributed by atoms with Crippen LogP contribution in [0.15, 0.2) is 16.5 Å². The Kier molecular flexibility index (Phi) is 3.82. The van der Waals surface area contributed by atoms with Crippen molar-refractivity contribution in [3.05, 3.63) is 28.0 Å². The summed E-state index contributed by atoms with van der Waals surface area (Å²) in [5.41, 5.74) is -0.753. The predicted octanol–water partition coefficient (Wildman–Crippen LogP) is 0.459. The van der Waals surface area contributed by atoms with Crippen LogP contribution in [0.4, 0.5) is 5.88 Å². The van der Waals surface area contributed by atoms with Crippen molar-refractivity contribution >= 4 is 11.8 Å². The third-order valence-corrected chi connectivity index (χ3v) is 3.13. The molecule has 0 unspecified atom stereocenters. The first-order valence-electron chi connectivity index (χ1n) is 5.82. The van der Waals surface area contributed by atoms with Crippen LogP contribution >= 0.6 is 0 Å². The van der Waals surface area contributed by atoms with Gasteiger partial charge in [0.2, 0.25) is 0 Å². The molecule has 1 fully saturated rings. The highest BCUT2D eigenvalue weighted by Gasteiger charge is 2.34. The van der Waals surface area contributed by atoms with E-state index in [0.717, 1.165) is 6.07 Å². The number of aliphatic hydroxyl groups is 1.